The van der Waals surface area contributed by atoms with Gasteiger partial charge in [0.2, 0.25) is 0 Å². The smallest absolute Gasteiger partial charge is 0.0509 e. The molecular weight excluding hydrogens is 114 g/mol. The summed E-state index contributed by atoms with van der Waals surface area (Å²) >= 11 is 0. The van der Waals surface area contributed by atoms with Crippen LogP contribution in [0.1, 0.15) is 13.8 Å². The summed E-state index contributed by atoms with van der Waals surface area (Å²) in [5, 5.41) is 7.03. The van der Waals surface area contributed by atoms with E-state index in [0.29, 0.717) is 5.92 Å². The van der Waals surface area contributed by atoms with Crippen LogP contribution in [-0.2, 0) is 0 Å². The van der Waals surface area contributed by atoms with Crippen LogP contribution < -0.4 is 5.43 Å². The van der Waals surface area contributed by atoms with Gasteiger partial charge in [-0.25, -0.2) is 0 Å². The summed E-state index contributed by atoms with van der Waals surface area (Å²) < 4.78 is 0. The van der Waals surface area contributed by atoms with Gasteiger partial charge in [0, 0.05) is 6.20 Å². The maximum atomic E-state index is 3.53. The topological polar surface area (TPSA) is 36.8 Å². The molecule has 0 amide bonds. The van der Waals surface area contributed by atoms with Gasteiger partial charge in [-0.05, 0) is 5.92 Å². The van der Waals surface area contributed by atoms with Gasteiger partial charge >= 0.3 is 0 Å². The Balaban J connectivity index is 3.25. The molecule has 0 unspecified atom stereocenters. The van der Waals surface area contributed by atoms with Crippen LogP contribution in [0.2, 0.25) is 0 Å². The molecule has 9 heavy (non-hydrogen) atoms. The predicted molar refractivity (Wildman–Crippen MR) is 37.9 cm³/mol. The second-order valence-corrected chi connectivity index (χ2v) is 2.03. The molecule has 0 spiro atoms. The highest BCUT2D eigenvalue weighted by atomic mass is 15.4. The Kier molecular flexibility index (Phi) is 4.78. The SMILES string of the molecule is C/N=N\N/C=C/C(C)C. The quantitative estimate of drug-likeness (QED) is 0.455. The minimum atomic E-state index is 0.560. The molecule has 3 nitrogen and oxygen atoms in total. The zero-order valence-electron chi connectivity index (χ0n) is 6.13. The summed E-state index contributed by atoms with van der Waals surface area (Å²) in [6.45, 7) is 4.20. The van der Waals surface area contributed by atoms with Crippen molar-refractivity contribution >= 4 is 0 Å². The minimum absolute atomic E-state index is 0.560. The maximum Gasteiger partial charge on any atom is 0.0509 e. The zero-order chi connectivity index (χ0) is 7.11. The minimum Gasteiger partial charge on any atom is -0.268 e. The summed E-state index contributed by atoms with van der Waals surface area (Å²) in [5.41, 5.74) is 2.64. The van der Waals surface area contributed by atoms with Crippen molar-refractivity contribution in [2.75, 3.05) is 7.05 Å². The third-order valence-electron chi connectivity index (χ3n) is 0.713. The lowest BCUT2D eigenvalue weighted by atomic mass is 10.2. The Bertz CT molecular complexity index is 105. The van der Waals surface area contributed by atoms with Crippen LogP contribution in [-0.4, -0.2) is 7.05 Å². The van der Waals surface area contributed by atoms with E-state index in [1.54, 1.807) is 13.2 Å². The lowest BCUT2D eigenvalue weighted by Crippen LogP contribution is -1.91. The average molecular weight is 127 g/mol. The molecule has 0 fully saturated rings. The van der Waals surface area contributed by atoms with Crippen LogP contribution in [0.5, 0.6) is 0 Å². The molecule has 0 heterocycles. The van der Waals surface area contributed by atoms with Crippen molar-refractivity contribution in [1.29, 1.82) is 0 Å². The fourth-order valence-corrected chi connectivity index (χ4v) is 0.327. The van der Waals surface area contributed by atoms with Crippen molar-refractivity contribution in [3.05, 3.63) is 12.3 Å². The second kappa shape index (κ2) is 5.28. The second-order valence-electron chi connectivity index (χ2n) is 2.03. The van der Waals surface area contributed by atoms with Gasteiger partial charge in [0.05, 0.1) is 7.05 Å². The first kappa shape index (κ1) is 8.14. The molecule has 1 N–H and O–H groups in total. The van der Waals surface area contributed by atoms with E-state index in [2.05, 4.69) is 29.6 Å². The fraction of sp³-hybridized carbons (Fsp3) is 0.667. The number of rotatable bonds is 3. The fourth-order valence-electron chi connectivity index (χ4n) is 0.327. The number of hydrogen-bond acceptors (Lipinski definition) is 2. The monoisotopic (exact) mass is 127 g/mol. The number of allylic oxidation sites excluding steroid dienone is 1. The molecule has 0 aliphatic carbocycles. The van der Waals surface area contributed by atoms with Crippen LogP contribution in [0.4, 0.5) is 0 Å². The third-order valence-corrected chi connectivity index (χ3v) is 0.713. The van der Waals surface area contributed by atoms with Gasteiger partial charge in [0.15, 0.2) is 0 Å². The van der Waals surface area contributed by atoms with Crippen LogP contribution >= 0.6 is 0 Å². The maximum absolute atomic E-state index is 3.53. The molecule has 0 rings (SSSR count). The summed E-state index contributed by atoms with van der Waals surface area (Å²) in [4.78, 5) is 0. The van der Waals surface area contributed by atoms with E-state index >= 15 is 0 Å². The van der Waals surface area contributed by atoms with Gasteiger partial charge in [-0.2, -0.15) is 5.11 Å². The van der Waals surface area contributed by atoms with Gasteiger partial charge < -0.3 is 0 Å². The first-order valence-corrected chi connectivity index (χ1v) is 2.98. The Labute approximate surface area is 55.8 Å². The Morgan fingerprint density at radius 2 is 2.11 bits per heavy atom. The number of nitrogens with zero attached hydrogens (tertiary/aromatic N) is 2. The first-order chi connectivity index (χ1) is 4.27. The molecule has 0 bridgehead atoms. The molecular formula is C6H13N3. The van der Waals surface area contributed by atoms with Crippen LogP contribution in [0, 0.1) is 5.92 Å². The van der Waals surface area contributed by atoms with E-state index in [1.165, 1.54) is 0 Å². The van der Waals surface area contributed by atoms with Crippen LogP contribution in [0.15, 0.2) is 22.6 Å². The van der Waals surface area contributed by atoms with Gasteiger partial charge in [0.25, 0.3) is 0 Å². The lowest BCUT2D eigenvalue weighted by molar-refractivity contribution is 0.795. The Morgan fingerprint density at radius 3 is 2.56 bits per heavy atom. The number of hydrogen-bond donors (Lipinski definition) is 1. The molecule has 0 saturated carbocycles. The highest BCUT2D eigenvalue weighted by Gasteiger charge is 1.79. The summed E-state index contributed by atoms with van der Waals surface area (Å²) in [7, 11) is 1.62. The average Bonchev–Trinajstić information content (AvgIpc) is 1.80. The van der Waals surface area contributed by atoms with E-state index in [1.807, 2.05) is 6.08 Å². The number of nitrogens with one attached hydrogen (secondary N) is 1. The van der Waals surface area contributed by atoms with E-state index < -0.39 is 0 Å². The highest BCUT2D eigenvalue weighted by Crippen LogP contribution is 1.90. The van der Waals surface area contributed by atoms with Gasteiger partial charge in [0.1, 0.15) is 0 Å². The van der Waals surface area contributed by atoms with Crippen molar-refractivity contribution < 1.29 is 0 Å². The molecule has 52 valence electrons. The summed E-state index contributed by atoms with van der Waals surface area (Å²) in [6.07, 6.45) is 3.78. The van der Waals surface area contributed by atoms with E-state index in [-0.39, 0.29) is 0 Å². The van der Waals surface area contributed by atoms with Crippen LogP contribution in [0.3, 0.4) is 0 Å². The van der Waals surface area contributed by atoms with E-state index in [4.69, 9.17) is 0 Å². The van der Waals surface area contributed by atoms with Gasteiger partial charge in [-0.15, -0.1) is 0 Å². The lowest BCUT2D eigenvalue weighted by Gasteiger charge is -1.91. The van der Waals surface area contributed by atoms with Crippen molar-refractivity contribution in [1.82, 2.24) is 5.43 Å². The van der Waals surface area contributed by atoms with Crippen LogP contribution in [0.25, 0.3) is 0 Å². The largest absolute Gasteiger partial charge is 0.268 e. The summed E-state index contributed by atoms with van der Waals surface area (Å²) in [5.74, 6) is 0.560. The van der Waals surface area contributed by atoms with Gasteiger partial charge in [-0.3, -0.25) is 5.43 Å². The van der Waals surface area contributed by atoms with Gasteiger partial charge in [-0.1, -0.05) is 25.1 Å². The molecule has 0 aromatic rings. The Hall–Kier alpha value is -0.860. The third kappa shape index (κ3) is 7.14. The normalized spacial score (nSPS) is 12.0. The molecule has 0 aliphatic rings. The molecule has 3 heteroatoms. The molecule has 0 aromatic carbocycles. The van der Waals surface area contributed by atoms with Crippen molar-refractivity contribution in [2.24, 2.45) is 16.3 Å². The molecule has 0 radical (unpaired) electrons. The molecule has 0 aliphatic heterocycles. The van der Waals surface area contributed by atoms with E-state index in [0.717, 1.165) is 0 Å². The zero-order valence-corrected chi connectivity index (χ0v) is 6.13. The standard InChI is InChI=1S/C6H13N3/c1-6(2)4-5-8-9-7-3/h4-6H,1-3H3,(H,7,8)/b5-4+. The molecule has 0 saturated heterocycles. The molecule has 0 aromatic heterocycles. The van der Waals surface area contributed by atoms with Crippen molar-refractivity contribution in [3.63, 3.8) is 0 Å². The predicted octanol–water partition coefficient (Wildman–Crippen LogP) is 1.74. The van der Waals surface area contributed by atoms with Crippen molar-refractivity contribution in [2.45, 2.75) is 13.8 Å². The Morgan fingerprint density at radius 1 is 1.44 bits per heavy atom. The highest BCUT2D eigenvalue weighted by molar-refractivity contribution is 4.80. The van der Waals surface area contributed by atoms with Crippen molar-refractivity contribution in [3.8, 4) is 0 Å². The first-order valence-electron chi connectivity index (χ1n) is 2.98. The summed E-state index contributed by atoms with van der Waals surface area (Å²) in [6, 6.07) is 0. The molecule has 0 atom stereocenters. The van der Waals surface area contributed by atoms with E-state index in [9.17, 15) is 0 Å².